The quantitative estimate of drug-likeness (QED) is 0.849. The largest absolute Gasteiger partial charge is 0.484 e. The molecule has 0 aliphatic carbocycles. The summed E-state index contributed by atoms with van der Waals surface area (Å²) in [6, 6.07) is 11.4. The SMILES string of the molecule is Cc1ccc(OCC(=O)NCC(=O)Nc2c(C)cccc2C)cc1C. The summed E-state index contributed by atoms with van der Waals surface area (Å²) in [5, 5.41) is 5.39. The topological polar surface area (TPSA) is 67.4 Å². The molecule has 2 amide bonds. The van der Waals surface area contributed by atoms with Crippen molar-refractivity contribution in [3.05, 3.63) is 58.7 Å². The van der Waals surface area contributed by atoms with E-state index in [0.717, 1.165) is 22.4 Å². The molecular weight excluding hydrogens is 316 g/mol. The average Bonchev–Trinajstić information content (AvgIpc) is 2.57. The third-order valence-electron chi connectivity index (χ3n) is 4.04. The zero-order valence-electron chi connectivity index (χ0n) is 15.1. The van der Waals surface area contributed by atoms with Crippen LogP contribution in [0.3, 0.4) is 0 Å². The van der Waals surface area contributed by atoms with Crippen LogP contribution in [-0.2, 0) is 9.59 Å². The molecule has 25 heavy (non-hydrogen) atoms. The fourth-order valence-electron chi connectivity index (χ4n) is 2.38. The van der Waals surface area contributed by atoms with E-state index in [1.807, 2.05) is 64.1 Å². The summed E-state index contributed by atoms with van der Waals surface area (Å²) >= 11 is 0. The zero-order valence-corrected chi connectivity index (χ0v) is 15.1. The highest BCUT2D eigenvalue weighted by Crippen LogP contribution is 2.19. The number of benzene rings is 2. The van der Waals surface area contributed by atoms with E-state index >= 15 is 0 Å². The monoisotopic (exact) mass is 340 g/mol. The standard InChI is InChI=1S/C20H24N2O3/c1-13-8-9-17(10-16(13)4)25-12-19(24)21-11-18(23)22-20-14(2)6-5-7-15(20)3/h5-10H,11-12H2,1-4H3,(H,21,24)(H,22,23). The molecule has 0 unspecified atom stereocenters. The second-order valence-electron chi connectivity index (χ2n) is 6.13. The van der Waals surface area contributed by atoms with Crippen LogP contribution in [0.25, 0.3) is 0 Å². The highest BCUT2D eigenvalue weighted by atomic mass is 16.5. The van der Waals surface area contributed by atoms with Crippen LogP contribution >= 0.6 is 0 Å². The van der Waals surface area contributed by atoms with Gasteiger partial charge in [0.2, 0.25) is 5.91 Å². The van der Waals surface area contributed by atoms with E-state index in [2.05, 4.69) is 10.6 Å². The first-order chi connectivity index (χ1) is 11.9. The van der Waals surface area contributed by atoms with Gasteiger partial charge in [-0.05, 0) is 62.1 Å². The Morgan fingerprint density at radius 3 is 2.20 bits per heavy atom. The van der Waals surface area contributed by atoms with Crippen LogP contribution in [0, 0.1) is 27.7 Å². The smallest absolute Gasteiger partial charge is 0.258 e. The molecule has 0 aliphatic rings. The number of hydrogen-bond acceptors (Lipinski definition) is 3. The minimum Gasteiger partial charge on any atom is -0.484 e. The molecule has 0 aliphatic heterocycles. The van der Waals surface area contributed by atoms with E-state index in [1.165, 1.54) is 5.56 Å². The van der Waals surface area contributed by atoms with Gasteiger partial charge in [0.15, 0.2) is 6.61 Å². The molecule has 0 fully saturated rings. The number of anilines is 1. The highest BCUT2D eigenvalue weighted by molar-refractivity contribution is 5.95. The Bertz CT molecular complexity index is 764. The molecule has 0 saturated heterocycles. The lowest BCUT2D eigenvalue weighted by molar-refractivity contribution is -0.125. The molecule has 0 saturated carbocycles. The first-order valence-electron chi connectivity index (χ1n) is 8.19. The van der Waals surface area contributed by atoms with Crippen LogP contribution < -0.4 is 15.4 Å². The maximum atomic E-state index is 12.0. The second-order valence-corrected chi connectivity index (χ2v) is 6.13. The lowest BCUT2D eigenvalue weighted by atomic mass is 10.1. The van der Waals surface area contributed by atoms with Crippen molar-refractivity contribution >= 4 is 17.5 Å². The lowest BCUT2D eigenvalue weighted by Crippen LogP contribution is -2.36. The van der Waals surface area contributed by atoms with Crippen molar-refractivity contribution in [3.63, 3.8) is 0 Å². The molecule has 0 heterocycles. The fourth-order valence-corrected chi connectivity index (χ4v) is 2.38. The molecule has 0 bridgehead atoms. The molecule has 2 rings (SSSR count). The normalized spacial score (nSPS) is 10.2. The first-order valence-corrected chi connectivity index (χ1v) is 8.19. The molecule has 0 spiro atoms. The van der Waals surface area contributed by atoms with E-state index in [9.17, 15) is 9.59 Å². The predicted molar refractivity (Wildman–Crippen MR) is 99.0 cm³/mol. The Hall–Kier alpha value is -2.82. The molecule has 5 heteroatoms. The van der Waals surface area contributed by atoms with Crippen molar-refractivity contribution in [2.75, 3.05) is 18.5 Å². The van der Waals surface area contributed by atoms with Gasteiger partial charge < -0.3 is 15.4 Å². The van der Waals surface area contributed by atoms with Crippen LogP contribution in [0.1, 0.15) is 22.3 Å². The maximum Gasteiger partial charge on any atom is 0.258 e. The van der Waals surface area contributed by atoms with Gasteiger partial charge in [0.05, 0.1) is 6.54 Å². The van der Waals surface area contributed by atoms with Crippen molar-refractivity contribution in [2.24, 2.45) is 0 Å². The van der Waals surface area contributed by atoms with Gasteiger partial charge in [-0.1, -0.05) is 24.3 Å². The third-order valence-corrected chi connectivity index (χ3v) is 4.04. The van der Waals surface area contributed by atoms with Gasteiger partial charge in [-0.2, -0.15) is 0 Å². The molecular formula is C20H24N2O3. The van der Waals surface area contributed by atoms with E-state index in [4.69, 9.17) is 4.74 Å². The summed E-state index contributed by atoms with van der Waals surface area (Å²) in [6.07, 6.45) is 0. The molecule has 2 aromatic rings. The number of nitrogens with one attached hydrogen (secondary N) is 2. The van der Waals surface area contributed by atoms with Crippen LogP contribution in [-0.4, -0.2) is 25.0 Å². The number of ether oxygens (including phenoxy) is 1. The highest BCUT2D eigenvalue weighted by Gasteiger charge is 2.09. The van der Waals surface area contributed by atoms with E-state index in [-0.39, 0.29) is 25.0 Å². The molecule has 2 aromatic carbocycles. The number of carbonyl (C=O) groups excluding carboxylic acids is 2. The number of amides is 2. The van der Waals surface area contributed by atoms with Crippen LogP contribution in [0.5, 0.6) is 5.75 Å². The number of hydrogen-bond donors (Lipinski definition) is 2. The molecule has 0 atom stereocenters. The summed E-state index contributed by atoms with van der Waals surface area (Å²) in [7, 11) is 0. The minimum absolute atomic E-state index is 0.0944. The third kappa shape index (κ3) is 5.35. The minimum atomic E-state index is -0.338. The van der Waals surface area contributed by atoms with Gasteiger partial charge in [-0.25, -0.2) is 0 Å². The van der Waals surface area contributed by atoms with Crippen molar-refractivity contribution in [1.29, 1.82) is 0 Å². The Balaban J connectivity index is 1.79. The van der Waals surface area contributed by atoms with Crippen LogP contribution in [0.4, 0.5) is 5.69 Å². The first kappa shape index (κ1) is 18.5. The van der Waals surface area contributed by atoms with Crippen molar-refractivity contribution in [3.8, 4) is 5.75 Å². The maximum absolute atomic E-state index is 12.0. The zero-order chi connectivity index (χ0) is 18.4. The molecule has 132 valence electrons. The molecule has 5 nitrogen and oxygen atoms in total. The Morgan fingerprint density at radius 2 is 1.56 bits per heavy atom. The summed E-state index contributed by atoms with van der Waals surface area (Å²) in [4.78, 5) is 23.9. The van der Waals surface area contributed by atoms with Crippen molar-refractivity contribution in [2.45, 2.75) is 27.7 Å². The van der Waals surface area contributed by atoms with Gasteiger partial charge in [-0.15, -0.1) is 0 Å². The summed E-state index contributed by atoms with van der Waals surface area (Å²) < 4.78 is 5.45. The van der Waals surface area contributed by atoms with Gasteiger partial charge in [0, 0.05) is 5.69 Å². The Morgan fingerprint density at radius 1 is 0.880 bits per heavy atom. The molecule has 0 aromatic heterocycles. The van der Waals surface area contributed by atoms with E-state index in [0.29, 0.717) is 5.75 Å². The number of para-hydroxylation sites is 1. The number of aryl methyl sites for hydroxylation is 4. The van der Waals surface area contributed by atoms with Crippen LogP contribution in [0.2, 0.25) is 0 Å². The number of rotatable bonds is 6. The fraction of sp³-hybridized carbons (Fsp3) is 0.300. The van der Waals surface area contributed by atoms with E-state index < -0.39 is 0 Å². The summed E-state index contributed by atoms with van der Waals surface area (Å²) in [5.74, 6) is 0.0325. The van der Waals surface area contributed by atoms with Gasteiger partial charge in [0.1, 0.15) is 5.75 Å². The van der Waals surface area contributed by atoms with Gasteiger partial charge >= 0.3 is 0 Å². The summed E-state index contributed by atoms with van der Waals surface area (Å²) in [6.45, 7) is 7.64. The van der Waals surface area contributed by atoms with Gasteiger partial charge in [0.25, 0.3) is 5.91 Å². The van der Waals surface area contributed by atoms with Crippen molar-refractivity contribution in [1.82, 2.24) is 5.32 Å². The van der Waals surface area contributed by atoms with E-state index in [1.54, 1.807) is 0 Å². The number of carbonyl (C=O) groups is 2. The Labute approximate surface area is 148 Å². The summed E-state index contributed by atoms with van der Waals surface area (Å²) in [5.41, 5.74) is 5.02. The van der Waals surface area contributed by atoms with Gasteiger partial charge in [-0.3, -0.25) is 9.59 Å². The predicted octanol–water partition coefficient (Wildman–Crippen LogP) is 3.05. The molecule has 0 radical (unpaired) electrons. The lowest BCUT2D eigenvalue weighted by Gasteiger charge is -2.12. The van der Waals surface area contributed by atoms with Crippen molar-refractivity contribution < 1.29 is 14.3 Å². The molecule has 2 N–H and O–H groups in total. The second kappa shape index (κ2) is 8.33. The average molecular weight is 340 g/mol. The van der Waals surface area contributed by atoms with Crippen LogP contribution in [0.15, 0.2) is 36.4 Å². The Kier molecular flexibility index (Phi) is 6.17.